The van der Waals surface area contributed by atoms with Crippen molar-refractivity contribution >= 4 is 23.6 Å². The number of anilines is 1. The van der Waals surface area contributed by atoms with E-state index in [9.17, 15) is 29.0 Å². The van der Waals surface area contributed by atoms with E-state index in [1.54, 1.807) is 12.1 Å². The van der Waals surface area contributed by atoms with Gasteiger partial charge in [0.2, 0.25) is 0 Å². The fraction of sp³-hybridized carbons (Fsp3) is 0.400. The fourth-order valence-electron chi connectivity index (χ4n) is 4.16. The molecular weight excluding hydrogens is 475 g/mol. The minimum absolute atomic E-state index is 0.0359. The summed E-state index contributed by atoms with van der Waals surface area (Å²) >= 11 is 0. The van der Waals surface area contributed by atoms with Gasteiger partial charge in [0, 0.05) is 12.2 Å². The van der Waals surface area contributed by atoms with Crippen molar-refractivity contribution in [1.29, 1.82) is 0 Å². The van der Waals surface area contributed by atoms with Gasteiger partial charge in [0.25, 0.3) is 11.9 Å². The van der Waals surface area contributed by atoms with Crippen LogP contribution in [0.5, 0.6) is 0 Å². The Bertz CT molecular complexity index is 1010. The Labute approximate surface area is 206 Å². The lowest BCUT2D eigenvalue weighted by molar-refractivity contribution is -0.507. The van der Waals surface area contributed by atoms with E-state index < -0.39 is 30.2 Å². The molecule has 3 heterocycles. The summed E-state index contributed by atoms with van der Waals surface area (Å²) in [5.41, 5.74) is 1.52. The Morgan fingerprint density at radius 2 is 1.50 bits per heavy atom. The van der Waals surface area contributed by atoms with Gasteiger partial charge in [-0.1, -0.05) is 30.3 Å². The van der Waals surface area contributed by atoms with Crippen molar-refractivity contribution in [2.45, 2.75) is 37.2 Å². The van der Waals surface area contributed by atoms with Gasteiger partial charge in [0.15, 0.2) is 6.04 Å². The van der Waals surface area contributed by atoms with Crippen LogP contribution in [-0.2, 0) is 19.1 Å². The average Bonchev–Trinajstić information content (AvgIpc) is 2.88. The first-order chi connectivity index (χ1) is 17.2. The first-order valence-electron chi connectivity index (χ1n) is 11.4. The highest BCUT2D eigenvalue weighted by Gasteiger charge is 2.37. The molecule has 0 unspecified atom stereocenters. The highest BCUT2D eigenvalue weighted by atomic mass is 19.1. The third-order valence-corrected chi connectivity index (χ3v) is 6.15. The molecule has 11 heteroatoms. The van der Waals surface area contributed by atoms with E-state index in [-0.39, 0.29) is 17.9 Å². The van der Waals surface area contributed by atoms with Crippen LogP contribution >= 0.6 is 0 Å². The van der Waals surface area contributed by atoms with Gasteiger partial charge < -0.3 is 30.5 Å². The molecule has 2 aromatic carbocycles. The summed E-state index contributed by atoms with van der Waals surface area (Å²) in [7, 11) is 0. The van der Waals surface area contributed by atoms with Gasteiger partial charge in [0.1, 0.15) is 11.9 Å². The largest absolute Gasteiger partial charge is 0.844 e. The molecule has 2 aromatic rings. The van der Waals surface area contributed by atoms with Gasteiger partial charge in [-0.25, -0.2) is 9.18 Å². The molecule has 3 fully saturated rings. The van der Waals surface area contributed by atoms with E-state index in [2.05, 4.69) is 10.2 Å². The Morgan fingerprint density at radius 3 is 1.97 bits per heavy atom. The van der Waals surface area contributed by atoms with Crippen molar-refractivity contribution < 1.29 is 43.9 Å². The number of fused-ring (bicyclic) bond motifs is 3. The third kappa shape index (κ3) is 7.23. The molecular formula is C25H27FN2O8-2. The van der Waals surface area contributed by atoms with Crippen molar-refractivity contribution in [2.75, 3.05) is 25.0 Å². The lowest BCUT2D eigenvalue weighted by Gasteiger charge is -2.44. The number of carboxylic acids is 2. The standard InChI is InChI=1S/C21H23FN2O2.C4H4O6/c22-17-6-8-18(9-7-17)23-20(16-4-2-1-3-5-16)21(25)26-19-14-24-12-10-15(19)11-13-24;5-1(3(7)8)2(6)4(9)10/h1-9,15,19-20,23H,10-14H2;1-2H,(H,7,8)(H,9,10)/q;-2/t19-,20+;1-,2-/m00/s1. The summed E-state index contributed by atoms with van der Waals surface area (Å²) in [5.74, 6) is -4.00. The van der Waals surface area contributed by atoms with E-state index in [1.807, 2.05) is 30.3 Å². The monoisotopic (exact) mass is 502 g/mol. The summed E-state index contributed by atoms with van der Waals surface area (Å²) in [6.07, 6.45) is -3.10. The summed E-state index contributed by atoms with van der Waals surface area (Å²) in [4.78, 5) is 34.7. The average molecular weight is 502 g/mol. The molecule has 0 radical (unpaired) electrons. The van der Waals surface area contributed by atoms with Gasteiger partial charge in [-0.15, -0.1) is 0 Å². The van der Waals surface area contributed by atoms with E-state index >= 15 is 0 Å². The van der Waals surface area contributed by atoms with Gasteiger partial charge in [-0.3, -0.25) is 14.5 Å². The highest BCUT2D eigenvalue weighted by molar-refractivity contribution is 5.82. The number of carbonyl (C=O) groups excluding carboxylic acids is 1. The van der Waals surface area contributed by atoms with Gasteiger partial charge in [-0.2, -0.15) is 0 Å². The van der Waals surface area contributed by atoms with Crippen LogP contribution in [0.25, 0.3) is 0 Å². The van der Waals surface area contributed by atoms with Gasteiger partial charge in [-0.05, 0) is 73.9 Å². The summed E-state index contributed by atoms with van der Waals surface area (Å²) in [6, 6.07) is 14.9. The van der Waals surface area contributed by atoms with E-state index in [4.69, 9.17) is 14.9 Å². The molecule has 0 aliphatic carbocycles. The summed E-state index contributed by atoms with van der Waals surface area (Å²) in [5, 5.41) is 39.0. The Balaban J connectivity index is 0.000000308. The predicted molar refractivity (Wildman–Crippen MR) is 121 cm³/mol. The molecule has 0 saturated carbocycles. The molecule has 3 aliphatic heterocycles. The molecule has 3 saturated heterocycles. The maximum Gasteiger partial charge on any atom is 0.333 e. The number of halogens is 1. The zero-order valence-corrected chi connectivity index (χ0v) is 19.3. The number of rotatable bonds is 8. The second-order valence-corrected chi connectivity index (χ2v) is 8.63. The van der Waals surface area contributed by atoms with E-state index in [0.29, 0.717) is 11.6 Å². The van der Waals surface area contributed by atoms with Crippen molar-refractivity contribution in [1.82, 2.24) is 4.90 Å². The third-order valence-electron chi connectivity index (χ3n) is 6.15. The number of nitrogens with one attached hydrogen (secondary N) is 1. The number of hydrogen-bond acceptors (Lipinski definition) is 8. The topological polar surface area (TPSA) is 162 Å². The van der Waals surface area contributed by atoms with Crippen molar-refractivity contribution in [2.24, 2.45) is 5.92 Å². The van der Waals surface area contributed by atoms with Crippen LogP contribution in [0.3, 0.4) is 0 Å². The SMILES string of the molecule is O=C(O)[C@@H]([O-])[C@H]([O-])C(=O)O.O=C(O[C@H]1CN2CCC1CC2)[C@H](Nc1ccc(F)cc1)c1ccccc1. The number of benzene rings is 2. The lowest BCUT2D eigenvalue weighted by Crippen LogP contribution is -2.55. The molecule has 2 bridgehead atoms. The lowest BCUT2D eigenvalue weighted by atomic mass is 9.86. The number of aliphatic carboxylic acids is 2. The first kappa shape index (κ1) is 27.1. The molecule has 3 N–H and O–H groups in total. The fourth-order valence-corrected chi connectivity index (χ4v) is 4.16. The number of ether oxygens (including phenoxy) is 1. The Hall–Kier alpha value is -3.54. The van der Waals surface area contributed by atoms with Crippen molar-refractivity contribution in [3.63, 3.8) is 0 Å². The maximum atomic E-state index is 13.2. The van der Waals surface area contributed by atoms with Crippen LogP contribution in [0.4, 0.5) is 10.1 Å². The molecule has 5 rings (SSSR count). The van der Waals surface area contributed by atoms with Gasteiger partial charge in [0.05, 0.1) is 0 Å². The predicted octanol–water partition coefficient (Wildman–Crippen LogP) is 0.230. The minimum Gasteiger partial charge on any atom is -0.844 e. The molecule has 4 atom stereocenters. The quantitative estimate of drug-likeness (QED) is 0.426. The van der Waals surface area contributed by atoms with Crippen LogP contribution < -0.4 is 15.5 Å². The second-order valence-electron chi connectivity index (χ2n) is 8.63. The summed E-state index contributed by atoms with van der Waals surface area (Å²) < 4.78 is 19.1. The maximum absolute atomic E-state index is 13.2. The smallest absolute Gasteiger partial charge is 0.333 e. The van der Waals surface area contributed by atoms with Crippen LogP contribution in [0.1, 0.15) is 24.4 Å². The zero-order valence-electron chi connectivity index (χ0n) is 19.3. The number of nitrogens with zero attached hydrogens (tertiary/aromatic N) is 1. The Morgan fingerprint density at radius 1 is 0.944 bits per heavy atom. The van der Waals surface area contributed by atoms with E-state index in [1.165, 1.54) is 12.1 Å². The van der Waals surface area contributed by atoms with Crippen LogP contribution in [0.15, 0.2) is 54.6 Å². The number of piperidine rings is 3. The molecule has 0 aromatic heterocycles. The van der Waals surface area contributed by atoms with Crippen LogP contribution in [0, 0.1) is 11.7 Å². The molecule has 3 aliphatic rings. The van der Waals surface area contributed by atoms with E-state index in [0.717, 1.165) is 38.0 Å². The molecule has 0 amide bonds. The first-order valence-corrected chi connectivity index (χ1v) is 11.4. The van der Waals surface area contributed by atoms with Crippen molar-refractivity contribution in [3.8, 4) is 0 Å². The number of hydrogen-bond donors (Lipinski definition) is 3. The molecule has 194 valence electrons. The molecule has 10 nitrogen and oxygen atoms in total. The molecule has 0 spiro atoms. The highest BCUT2D eigenvalue weighted by Crippen LogP contribution is 2.31. The normalized spacial score (nSPS) is 22.8. The Kier molecular flexibility index (Phi) is 9.34. The molecule has 36 heavy (non-hydrogen) atoms. The number of carboxylic acid groups (broad SMARTS) is 2. The number of carbonyl (C=O) groups is 3. The second kappa shape index (κ2) is 12.4. The number of esters is 1. The van der Waals surface area contributed by atoms with Crippen LogP contribution in [0.2, 0.25) is 0 Å². The summed E-state index contributed by atoms with van der Waals surface area (Å²) in [6.45, 7) is 3.04. The minimum atomic E-state index is -2.63. The zero-order chi connectivity index (χ0) is 26.2. The van der Waals surface area contributed by atoms with Crippen molar-refractivity contribution in [3.05, 3.63) is 66.0 Å². The van der Waals surface area contributed by atoms with Gasteiger partial charge >= 0.3 is 5.97 Å². The van der Waals surface area contributed by atoms with Crippen LogP contribution in [-0.4, -0.2) is 71.0 Å².